The van der Waals surface area contributed by atoms with Gasteiger partial charge in [-0.1, -0.05) is 74.0 Å². The summed E-state index contributed by atoms with van der Waals surface area (Å²) in [6, 6.07) is 18.2. The molecule has 0 radical (unpaired) electrons. The van der Waals surface area contributed by atoms with Gasteiger partial charge in [0.1, 0.15) is 0 Å². The Labute approximate surface area is 109 Å². The molecule has 1 heteroatoms. The van der Waals surface area contributed by atoms with Crippen LogP contribution in [-0.2, 0) is 5.41 Å². The smallest absolute Gasteiger partial charge is 0.0881 e. The van der Waals surface area contributed by atoms with Crippen molar-refractivity contribution in [1.82, 2.24) is 0 Å². The molecule has 0 saturated carbocycles. The van der Waals surface area contributed by atoms with Crippen LogP contribution in [0.3, 0.4) is 0 Å². The van der Waals surface area contributed by atoms with Crippen molar-refractivity contribution in [2.24, 2.45) is 0 Å². The second kappa shape index (κ2) is 4.95. The van der Waals surface area contributed by atoms with E-state index >= 15 is 0 Å². The summed E-state index contributed by atoms with van der Waals surface area (Å²) in [5, 5.41) is 10.6. The molecule has 94 valence electrons. The zero-order valence-electron chi connectivity index (χ0n) is 11.2. The first-order valence-corrected chi connectivity index (χ1v) is 6.32. The number of rotatable bonds is 3. The molecule has 0 saturated heterocycles. The Bertz CT molecular complexity index is 497. The van der Waals surface area contributed by atoms with Gasteiger partial charge >= 0.3 is 0 Å². The number of hydrogen-bond acceptors (Lipinski definition) is 1. The van der Waals surface area contributed by atoms with Crippen LogP contribution < -0.4 is 0 Å². The average molecular weight is 240 g/mol. The van der Waals surface area contributed by atoms with Gasteiger partial charge in [-0.2, -0.15) is 0 Å². The maximum atomic E-state index is 10.6. The summed E-state index contributed by atoms with van der Waals surface area (Å²) in [6.07, 6.45) is -0.500. The summed E-state index contributed by atoms with van der Waals surface area (Å²) in [6.45, 7) is 6.21. The molecule has 0 spiro atoms. The lowest BCUT2D eigenvalue weighted by molar-refractivity contribution is 0.100. The lowest BCUT2D eigenvalue weighted by Crippen LogP contribution is -2.26. The zero-order chi connectivity index (χ0) is 13.2. The molecular weight excluding hydrogens is 220 g/mol. The van der Waals surface area contributed by atoms with Crippen LogP contribution in [0.25, 0.3) is 0 Å². The van der Waals surface area contributed by atoms with Crippen molar-refractivity contribution >= 4 is 0 Å². The van der Waals surface area contributed by atoms with Gasteiger partial charge in [0, 0.05) is 5.41 Å². The van der Waals surface area contributed by atoms with E-state index in [1.54, 1.807) is 0 Å². The molecule has 1 atom stereocenters. The maximum absolute atomic E-state index is 10.6. The minimum absolute atomic E-state index is 0.295. The van der Waals surface area contributed by atoms with E-state index in [9.17, 15) is 5.11 Å². The minimum Gasteiger partial charge on any atom is -0.388 e. The molecule has 2 aromatic carbocycles. The van der Waals surface area contributed by atoms with Gasteiger partial charge in [0.05, 0.1) is 6.10 Å². The Kier molecular flexibility index (Phi) is 3.53. The summed E-state index contributed by atoms with van der Waals surface area (Å²) < 4.78 is 0. The molecule has 0 heterocycles. The molecule has 2 aromatic rings. The van der Waals surface area contributed by atoms with Gasteiger partial charge in [-0.25, -0.2) is 0 Å². The lowest BCUT2D eigenvalue weighted by atomic mass is 9.76. The van der Waals surface area contributed by atoms with Crippen LogP contribution in [0, 0.1) is 6.92 Å². The van der Waals surface area contributed by atoms with Crippen molar-refractivity contribution < 1.29 is 5.11 Å². The van der Waals surface area contributed by atoms with Crippen molar-refractivity contribution in [2.45, 2.75) is 32.3 Å². The van der Waals surface area contributed by atoms with E-state index in [1.807, 2.05) is 42.5 Å². The quantitative estimate of drug-likeness (QED) is 0.859. The minimum atomic E-state index is -0.500. The van der Waals surface area contributed by atoms with E-state index in [-0.39, 0.29) is 5.41 Å². The zero-order valence-corrected chi connectivity index (χ0v) is 11.2. The standard InChI is InChI=1S/C17H20O/c1-13-9-11-14(12-10-13)16(18)17(2,3)15-7-5-4-6-8-15/h4-12,16,18H,1-3H3. The molecule has 18 heavy (non-hydrogen) atoms. The summed E-state index contributed by atoms with van der Waals surface area (Å²) in [4.78, 5) is 0. The van der Waals surface area contributed by atoms with Gasteiger partial charge in [0.25, 0.3) is 0 Å². The first-order valence-electron chi connectivity index (χ1n) is 6.32. The number of benzene rings is 2. The van der Waals surface area contributed by atoms with Crippen LogP contribution in [0.15, 0.2) is 54.6 Å². The second-order valence-corrected chi connectivity index (χ2v) is 5.40. The predicted octanol–water partition coefficient (Wildman–Crippen LogP) is 4.01. The largest absolute Gasteiger partial charge is 0.388 e. The van der Waals surface area contributed by atoms with Crippen LogP contribution in [-0.4, -0.2) is 5.11 Å². The first-order chi connectivity index (χ1) is 8.51. The first kappa shape index (κ1) is 12.8. The fourth-order valence-electron chi connectivity index (χ4n) is 2.19. The Hall–Kier alpha value is -1.60. The van der Waals surface area contributed by atoms with E-state index in [0.29, 0.717) is 0 Å². The summed E-state index contributed by atoms with van der Waals surface area (Å²) in [5.41, 5.74) is 3.03. The Morgan fingerprint density at radius 1 is 0.889 bits per heavy atom. The molecule has 1 N–H and O–H groups in total. The topological polar surface area (TPSA) is 20.2 Å². The molecule has 0 aliphatic rings. The molecule has 2 rings (SSSR count). The molecule has 0 aliphatic carbocycles. The predicted molar refractivity (Wildman–Crippen MR) is 75.6 cm³/mol. The fraction of sp³-hybridized carbons (Fsp3) is 0.294. The summed E-state index contributed by atoms with van der Waals surface area (Å²) in [5.74, 6) is 0. The van der Waals surface area contributed by atoms with Crippen molar-refractivity contribution in [2.75, 3.05) is 0 Å². The van der Waals surface area contributed by atoms with Crippen molar-refractivity contribution in [3.63, 3.8) is 0 Å². The van der Waals surface area contributed by atoms with Crippen LogP contribution in [0.5, 0.6) is 0 Å². The Balaban J connectivity index is 2.32. The highest BCUT2D eigenvalue weighted by Crippen LogP contribution is 2.36. The number of aryl methyl sites for hydroxylation is 1. The van der Waals surface area contributed by atoms with Crippen LogP contribution in [0.4, 0.5) is 0 Å². The molecule has 0 fully saturated rings. The van der Waals surface area contributed by atoms with Crippen molar-refractivity contribution in [3.8, 4) is 0 Å². The van der Waals surface area contributed by atoms with Crippen molar-refractivity contribution in [3.05, 3.63) is 71.3 Å². The number of aliphatic hydroxyl groups is 1. The molecule has 1 unspecified atom stereocenters. The molecule has 0 aromatic heterocycles. The van der Waals surface area contributed by atoms with E-state index in [1.165, 1.54) is 5.56 Å². The van der Waals surface area contributed by atoms with Gasteiger partial charge in [0.2, 0.25) is 0 Å². The fourth-order valence-corrected chi connectivity index (χ4v) is 2.19. The van der Waals surface area contributed by atoms with Gasteiger partial charge in [-0.15, -0.1) is 0 Å². The second-order valence-electron chi connectivity index (χ2n) is 5.40. The highest BCUT2D eigenvalue weighted by Gasteiger charge is 2.30. The van der Waals surface area contributed by atoms with Gasteiger partial charge in [-0.3, -0.25) is 0 Å². The monoisotopic (exact) mass is 240 g/mol. The van der Waals surface area contributed by atoms with Crippen LogP contribution >= 0.6 is 0 Å². The van der Waals surface area contributed by atoms with Gasteiger partial charge in [0.15, 0.2) is 0 Å². The highest BCUT2D eigenvalue weighted by atomic mass is 16.3. The molecule has 0 amide bonds. The molecule has 0 aliphatic heterocycles. The normalized spacial score (nSPS) is 13.3. The molecular formula is C17H20O. The van der Waals surface area contributed by atoms with Crippen LogP contribution in [0.1, 0.15) is 36.6 Å². The van der Waals surface area contributed by atoms with E-state index in [4.69, 9.17) is 0 Å². The van der Waals surface area contributed by atoms with E-state index in [2.05, 4.69) is 32.9 Å². The van der Waals surface area contributed by atoms with Crippen molar-refractivity contribution in [1.29, 1.82) is 0 Å². The van der Waals surface area contributed by atoms with E-state index in [0.717, 1.165) is 11.1 Å². The molecule has 0 bridgehead atoms. The molecule has 1 nitrogen and oxygen atoms in total. The van der Waals surface area contributed by atoms with Gasteiger partial charge < -0.3 is 5.11 Å². The highest BCUT2D eigenvalue weighted by molar-refractivity contribution is 5.31. The summed E-state index contributed by atoms with van der Waals surface area (Å²) >= 11 is 0. The Morgan fingerprint density at radius 2 is 1.44 bits per heavy atom. The Morgan fingerprint density at radius 3 is 2.00 bits per heavy atom. The third kappa shape index (κ3) is 2.46. The van der Waals surface area contributed by atoms with Crippen LogP contribution in [0.2, 0.25) is 0 Å². The maximum Gasteiger partial charge on any atom is 0.0881 e. The van der Waals surface area contributed by atoms with Gasteiger partial charge in [-0.05, 0) is 18.1 Å². The SMILES string of the molecule is Cc1ccc(C(O)C(C)(C)c2ccccc2)cc1. The number of aliphatic hydroxyl groups excluding tert-OH is 1. The average Bonchev–Trinajstić information content (AvgIpc) is 2.40. The third-order valence-corrected chi connectivity index (χ3v) is 3.59. The number of hydrogen-bond donors (Lipinski definition) is 1. The third-order valence-electron chi connectivity index (χ3n) is 3.59. The lowest BCUT2D eigenvalue weighted by Gasteiger charge is -2.31. The summed E-state index contributed by atoms with van der Waals surface area (Å²) in [7, 11) is 0. The van der Waals surface area contributed by atoms with E-state index < -0.39 is 6.10 Å².